The molecule has 0 aliphatic rings. The van der Waals surface area contributed by atoms with Crippen molar-refractivity contribution in [1.29, 1.82) is 0 Å². The van der Waals surface area contributed by atoms with Crippen molar-refractivity contribution in [3.8, 4) is 0 Å². The van der Waals surface area contributed by atoms with E-state index < -0.39 is 36.1 Å². The fraction of sp³-hybridized carbons (Fsp3) is 1.00. The molecule has 0 radical (unpaired) electrons. The van der Waals surface area contributed by atoms with Crippen molar-refractivity contribution >= 4 is 11.4 Å². The van der Waals surface area contributed by atoms with Crippen LogP contribution in [0.15, 0.2) is 0 Å². The van der Waals surface area contributed by atoms with E-state index in [1.807, 2.05) is 6.92 Å². The summed E-state index contributed by atoms with van der Waals surface area (Å²) in [6, 6.07) is -0.199. The van der Waals surface area contributed by atoms with Crippen LogP contribution in [0.1, 0.15) is 142 Å². The Morgan fingerprint density at radius 3 is 1.69 bits per heavy atom. The summed E-state index contributed by atoms with van der Waals surface area (Å²) in [7, 11) is 0. The summed E-state index contributed by atoms with van der Waals surface area (Å²) in [4.78, 5) is 0. The molecule has 0 spiro atoms. The van der Waals surface area contributed by atoms with Gasteiger partial charge in [-0.25, -0.2) is 10.9 Å². The van der Waals surface area contributed by atoms with Crippen LogP contribution in [0, 0.1) is 0 Å². The van der Waals surface area contributed by atoms with E-state index in [-0.39, 0.29) is 18.8 Å². The van der Waals surface area contributed by atoms with Gasteiger partial charge in [-0.2, -0.15) is 0 Å². The number of rotatable bonds is 41. The van der Waals surface area contributed by atoms with Gasteiger partial charge in [-0.15, -0.1) is 4.72 Å². The van der Waals surface area contributed by atoms with E-state index in [0.717, 1.165) is 44.9 Å². The van der Waals surface area contributed by atoms with E-state index in [1.54, 1.807) is 0 Å². The molecule has 15 nitrogen and oxygen atoms in total. The summed E-state index contributed by atoms with van der Waals surface area (Å²) in [5.74, 6) is 11.1. The Balaban J connectivity index is 3.47. The van der Waals surface area contributed by atoms with E-state index in [0.29, 0.717) is 64.3 Å². The lowest BCUT2D eigenvalue weighted by molar-refractivity contribution is -0.00828. The van der Waals surface area contributed by atoms with Crippen molar-refractivity contribution in [3.05, 3.63) is 0 Å². The molecule has 0 heterocycles. The van der Waals surface area contributed by atoms with E-state index in [9.17, 15) is 25.0 Å². The Morgan fingerprint density at radius 1 is 0.588 bits per heavy atom. The predicted octanol–water partition coefficient (Wildman–Crippen LogP) is 1.56. The fourth-order valence-electron chi connectivity index (χ4n) is 5.67. The zero-order chi connectivity index (χ0) is 37.8. The molecule has 15 N–H and O–H groups in total. The molecule has 4 unspecified atom stereocenters. The van der Waals surface area contributed by atoms with Gasteiger partial charge in [-0.3, -0.25) is 22.3 Å². The van der Waals surface area contributed by atoms with Crippen LogP contribution in [-0.4, -0.2) is 107 Å². The number of nitrogens with one attached hydrogen (secondary N) is 5. The van der Waals surface area contributed by atoms with Crippen LogP contribution in [-0.2, 0) is 20.8 Å². The third kappa shape index (κ3) is 35.2. The summed E-state index contributed by atoms with van der Waals surface area (Å²) in [5, 5.41) is 45.9. The van der Waals surface area contributed by atoms with Gasteiger partial charge in [0.15, 0.2) is 0 Å². The van der Waals surface area contributed by atoms with Crippen molar-refractivity contribution < 1.29 is 34.5 Å². The first-order valence-corrected chi connectivity index (χ1v) is 21.2. The predicted molar refractivity (Wildman–Crippen MR) is 207 cm³/mol. The minimum absolute atomic E-state index is 0.000648. The standard InChI is InChI=1S/C35H80N8O7S/c1-2-31(44)30(36)19-16-17-23-39-35(47)29-50-27-26-49-25-24-40-33(45)22-18-28-51(48)43-34(46)21-15-13-11-9-7-5-3-4-6-8-10-12-14-20-32(41-37)42-38/h30-35,39-47H,2-29,36-38H2,1H3/t30-,31?,33?,34?,35?,51-/m1/s1. The lowest BCUT2D eigenvalue weighted by atomic mass is 10.0. The van der Waals surface area contributed by atoms with E-state index in [2.05, 4.69) is 26.2 Å². The first-order valence-electron chi connectivity index (χ1n) is 19.9. The monoisotopic (exact) mass is 757 g/mol. The number of ether oxygens (including phenoxy) is 2. The Hall–Kier alpha value is -0.250. The van der Waals surface area contributed by atoms with Crippen molar-refractivity contribution in [2.24, 2.45) is 17.4 Å². The Morgan fingerprint density at radius 2 is 1.10 bits per heavy atom. The van der Waals surface area contributed by atoms with Gasteiger partial charge in [0.05, 0.1) is 38.7 Å². The van der Waals surface area contributed by atoms with E-state index in [1.165, 1.54) is 64.2 Å². The van der Waals surface area contributed by atoms with Crippen LogP contribution < -0.4 is 43.6 Å². The maximum absolute atomic E-state index is 12.3. The van der Waals surface area contributed by atoms with Crippen LogP contribution >= 0.6 is 0 Å². The molecule has 0 aromatic heterocycles. The van der Waals surface area contributed by atoms with Gasteiger partial charge in [-0.05, 0) is 57.9 Å². The second-order valence-corrected chi connectivity index (χ2v) is 15.0. The third-order valence-corrected chi connectivity index (χ3v) is 10.2. The number of nitrogens with two attached hydrogens (primary N) is 3. The molecule has 0 amide bonds. The molecule has 6 atom stereocenters. The summed E-state index contributed by atoms with van der Waals surface area (Å²) in [6.07, 6.45) is 18.8. The first-order chi connectivity index (χ1) is 24.7. The molecule has 0 saturated carbocycles. The van der Waals surface area contributed by atoms with Gasteiger partial charge in [0.1, 0.15) is 24.4 Å². The summed E-state index contributed by atoms with van der Waals surface area (Å²) >= 11 is -1.34. The Labute approximate surface area is 312 Å². The van der Waals surface area contributed by atoms with Crippen LogP contribution in [0.3, 0.4) is 0 Å². The second-order valence-electron chi connectivity index (χ2n) is 13.6. The van der Waals surface area contributed by atoms with Gasteiger partial charge in [0.25, 0.3) is 0 Å². The highest BCUT2D eigenvalue weighted by Crippen LogP contribution is 2.14. The number of hydrogen-bond acceptors (Lipinski definition) is 15. The van der Waals surface area contributed by atoms with Crippen molar-refractivity contribution in [3.63, 3.8) is 0 Å². The number of hydrazine groups is 2. The molecule has 16 heteroatoms. The first kappa shape index (κ1) is 50.8. The zero-order valence-corrected chi connectivity index (χ0v) is 32.7. The van der Waals surface area contributed by atoms with E-state index in [4.69, 9.17) is 26.9 Å². The number of aliphatic hydroxyl groups excluding tert-OH is 4. The molecule has 51 heavy (non-hydrogen) atoms. The number of hydrogen-bond donors (Lipinski definition) is 12. The number of unbranched alkanes of at least 4 members (excludes halogenated alkanes) is 13. The normalized spacial score (nSPS) is 15.6. The van der Waals surface area contributed by atoms with Crippen molar-refractivity contribution in [2.75, 3.05) is 45.3 Å². The van der Waals surface area contributed by atoms with Gasteiger partial charge in [-0.1, -0.05) is 90.4 Å². The minimum Gasteiger partial charge on any atom is -0.598 e. The molecule has 0 saturated heterocycles. The lowest BCUT2D eigenvalue weighted by Crippen LogP contribution is -2.49. The van der Waals surface area contributed by atoms with Crippen molar-refractivity contribution in [1.82, 2.24) is 26.2 Å². The molecule has 0 aromatic carbocycles. The molecule has 0 rings (SSSR count). The summed E-state index contributed by atoms with van der Waals surface area (Å²) in [6.45, 7) is 4.32. The van der Waals surface area contributed by atoms with Crippen LogP contribution in [0.25, 0.3) is 0 Å². The molecular weight excluding hydrogens is 677 g/mol. The molecule has 308 valence electrons. The zero-order valence-electron chi connectivity index (χ0n) is 31.9. The third-order valence-electron chi connectivity index (χ3n) is 8.98. The number of aliphatic hydroxyl groups is 4. The van der Waals surface area contributed by atoms with E-state index >= 15 is 0 Å². The van der Waals surface area contributed by atoms with Crippen LogP contribution in [0.4, 0.5) is 0 Å². The highest BCUT2D eigenvalue weighted by atomic mass is 32.2. The molecule has 0 fully saturated rings. The molecular formula is C35H80N8O7S. The van der Waals surface area contributed by atoms with Gasteiger partial charge >= 0.3 is 0 Å². The fourth-order valence-corrected chi connectivity index (χ4v) is 6.63. The Bertz CT molecular complexity index is 713. The molecule has 0 aliphatic carbocycles. The van der Waals surface area contributed by atoms with Gasteiger partial charge in [0, 0.05) is 23.9 Å². The largest absolute Gasteiger partial charge is 0.598 e. The second kappa shape index (κ2) is 38.0. The average Bonchev–Trinajstić information content (AvgIpc) is 3.11. The maximum Gasteiger partial charge on any atom is 0.146 e. The minimum atomic E-state index is -1.34. The smallest absolute Gasteiger partial charge is 0.146 e. The lowest BCUT2D eigenvalue weighted by Gasteiger charge is -2.17. The average molecular weight is 757 g/mol. The summed E-state index contributed by atoms with van der Waals surface area (Å²) < 4.78 is 25.9. The topological polar surface area (TPSA) is 261 Å². The van der Waals surface area contributed by atoms with Gasteiger partial charge < -0.3 is 40.2 Å². The molecule has 0 aromatic rings. The quantitative estimate of drug-likeness (QED) is 0.0139. The van der Waals surface area contributed by atoms with Crippen LogP contribution in [0.2, 0.25) is 0 Å². The van der Waals surface area contributed by atoms with Crippen LogP contribution in [0.5, 0.6) is 0 Å². The molecule has 0 bridgehead atoms. The van der Waals surface area contributed by atoms with Crippen molar-refractivity contribution in [2.45, 2.75) is 179 Å². The summed E-state index contributed by atoms with van der Waals surface area (Å²) in [5.41, 5.74) is 11.2. The Kier molecular flexibility index (Phi) is 37.9. The van der Waals surface area contributed by atoms with Gasteiger partial charge in [0.2, 0.25) is 0 Å². The highest BCUT2D eigenvalue weighted by Gasteiger charge is 2.15. The maximum atomic E-state index is 12.3. The SMILES string of the molecule is CCC(O)[C@H](N)CCCCNC(O)COCCOCCNC(O)CCC[S@@+]([O-])NC(O)CCCCCCCCCCCCCCCC(NN)NN. The molecule has 0 aliphatic heterocycles. The highest BCUT2D eigenvalue weighted by molar-refractivity contribution is 7.89.